The van der Waals surface area contributed by atoms with Crippen molar-refractivity contribution >= 4 is 11.7 Å². The molecule has 0 spiro atoms. The summed E-state index contributed by atoms with van der Waals surface area (Å²) >= 11 is 0. The van der Waals surface area contributed by atoms with E-state index in [0.717, 1.165) is 10.1 Å². The highest BCUT2D eigenvalue weighted by atomic mass is 16.5. The van der Waals surface area contributed by atoms with Crippen LogP contribution in [0, 0.1) is 6.92 Å². The van der Waals surface area contributed by atoms with Gasteiger partial charge in [-0.15, -0.1) is 0 Å². The van der Waals surface area contributed by atoms with Gasteiger partial charge < -0.3 is 9.47 Å². The Morgan fingerprint density at radius 3 is 2.70 bits per heavy atom. The first-order chi connectivity index (χ1) is 11.1. The van der Waals surface area contributed by atoms with E-state index >= 15 is 0 Å². The molecule has 2 heterocycles. The third kappa shape index (κ3) is 3.05. The Morgan fingerprint density at radius 2 is 2.00 bits per heavy atom. The number of nitrogens with one attached hydrogen (secondary N) is 1. The molecule has 8 heteroatoms. The van der Waals surface area contributed by atoms with Crippen molar-refractivity contribution < 1.29 is 14.3 Å². The normalized spacial score (nSPS) is 10.7. The topological polar surface area (TPSA) is 98.6 Å². The largest absolute Gasteiger partial charge is 0.487 e. The van der Waals surface area contributed by atoms with Gasteiger partial charge in [0.1, 0.15) is 12.4 Å². The molecular formula is C15H14N4O4. The summed E-state index contributed by atoms with van der Waals surface area (Å²) in [4.78, 5) is 31.6. The Bertz CT molecular complexity index is 911. The molecule has 0 atom stereocenters. The minimum Gasteiger partial charge on any atom is -0.487 e. The number of nitrogens with zero attached hydrogens (tertiary/aromatic N) is 3. The Hall–Kier alpha value is -3.16. The van der Waals surface area contributed by atoms with E-state index in [9.17, 15) is 9.59 Å². The fourth-order valence-corrected chi connectivity index (χ4v) is 1.98. The number of benzene rings is 1. The van der Waals surface area contributed by atoms with Gasteiger partial charge in [0.25, 0.3) is 11.3 Å². The first-order valence-corrected chi connectivity index (χ1v) is 6.83. The fourth-order valence-electron chi connectivity index (χ4n) is 1.98. The Balaban J connectivity index is 1.85. The molecule has 3 aromatic rings. The van der Waals surface area contributed by atoms with Crippen molar-refractivity contribution in [2.75, 3.05) is 7.11 Å². The van der Waals surface area contributed by atoms with Crippen LogP contribution in [0.15, 0.2) is 35.1 Å². The highest BCUT2D eigenvalue weighted by Crippen LogP contribution is 2.13. The van der Waals surface area contributed by atoms with E-state index in [1.807, 2.05) is 31.2 Å². The average molecular weight is 314 g/mol. The molecule has 0 aliphatic carbocycles. The maximum Gasteiger partial charge on any atom is 0.375 e. The zero-order chi connectivity index (χ0) is 16.4. The summed E-state index contributed by atoms with van der Waals surface area (Å²) in [6.07, 6.45) is 0. The lowest BCUT2D eigenvalue weighted by molar-refractivity contribution is 0.0587. The van der Waals surface area contributed by atoms with Gasteiger partial charge in [-0.2, -0.15) is 9.50 Å². The maximum atomic E-state index is 12.0. The fraction of sp³-hybridized carbons (Fsp3) is 0.200. The molecule has 0 amide bonds. The third-order valence-corrected chi connectivity index (χ3v) is 3.17. The molecule has 1 aromatic carbocycles. The van der Waals surface area contributed by atoms with Gasteiger partial charge in [0.05, 0.1) is 12.8 Å². The van der Waals surface area contributed by atoms with Gasteiger partial charge >= 0.3 is 5.97 Å². The first-order valence-electron chi connectivity index (χ1n) is 6.83. The second-order valence-electron chi connectivity index (χ2n) is 4.89. The SMILES string of the molecule is COC(=O)c1nc2nc(COc3ccc(C)cc3)cc(=O)n2[nH]1. The van der Waals surface area contributed by atoms with Crippen LogP contribution in [0.1, 0.15) is 21.9 Å². The van der Waals surface area contributed by atoms with Crippen LogP contribution in [0.5, 0.6) is 5.75 Å². The van der Waals surface area contributed by atoms with Crippen LogP contribution in [0.2, 0.25) is 0 Å². The summed E-state index contributed by atoms with van der Waals surface area (Å²) in [7, 11) is 1.23. The number of hydrogen-bond donors (Lipinski definition) is 1. The van der Waals surface area contributed by atoms with Crippen LogP contribution in [0.25, 0.3) is 5.78 Å². The van der Waals surface area contributed by atoms with Gasteiger partial charge in [0, 0.05) is 6.07 Å². The highest BCUT2D eigenvalue weighted by Gasteiger charge is 2.14. The van der Waals surface area contributed by atoms with Crippen molar-refractivity contribution in [3.05, 3.63) is 57.8 Å². The molecule has 118 valence electrons. The number of hydrogen-bond acceptors (Lipinski definition) is 6. The average Bonchev–Trinajstić information content (AvgIpc) is 2.98. The molecule has 1 N–H and O–H groups in total. The standard InChI is InChI=1S/C15H14N4O4/c1-9-3-5-11(6-4-9)23-8-10-7-12(20)19-15(16-10)17-13(18-19)14(21)22-2/h3-7H,8H2,1-2H3,(H,16,17,18). The molecule has 2 aromatic heterocycles. The Kier molecular flexibility index (Phi) is 3.80. The lowest BCUT2D eigenvalue weighted by Crippen LogP contribution is -2.17. The number of carbonyl (C=O) groups is 1. The van der Waals surface area contributed by atoms with Crippen LogP contribution in [-0.4, -0.2) is 32.7 Å². The summed E-state index contributed by atoms with van der Waals surface area (Å²) in [5.74, 6) is -0.00339. The first kappa shape index (κ1) is 14.8. The number of carbonyl (C=O) groups excluding carboxylic acids is 1. The number of aromatic nitrogens is 4. The molecule has 23 heavy (non-hydrogen) atoms. The third-order valence-electron chi connectivity index (χ3n) is 3.17. The van der Waals surface area contributed by atoms with Gasteiger partial charge in [-0.25, -0.2) is 9.78 Å². The van der Waals surface area contributed by atoms with Crippen LogP contribution in [0.3, 0.4) is 0 Å². The molecule has 0 unspecified atom stereocenters. The summed E-state index contributed by atoms with van der Waals surface area (Å²) in [5, 5.41) is 2.54. The summed E-state index contributed by atoms with van der Waals surface area (Å²) in [5.41, 5.74) is 1.15. The Labute approximate surface area is 130 Å². The predicted octanol–water partition coefficient (Wildman–Crippen LogP) is 1.09. The van der Waals surface area contributed by atoms with E-state index in [-0.39, 0.29) is 23.8 Å². The van der Waals surface area contributed by atoms with Crippen molar-refractivity contribution in [1.82, 2.24) is 19.6 Å². The molecule has 8 nitrogen and oxygen atoms in total. The van der Waals surface area contributed by atoms with E-state index in [0.29, 0.717) is 11.4 Å². The summed E-state index contributed by atoms with van der Waals surface area (Å²) in [6, 6.07) is 8.85. The van der Waals surface area contributed by atoms with Gasteiger partial charge in [0.2, 0.25) is 5.82 Å². The number of aryl methyl sites for hydroxylation is 1. The maximum absolute atomic E-state index is 12.0. The van der Waals surface area contributed by atoms with Crippen LogP contribution in [0.4, 0.5) is 0 Å². The van der Waals surface area contributed by atoms with Crippen molar-refractivity contribution in [3.8, 4) is 5.75 Å². The van der Waals surface area contributed by atoms with Crippen LogP contribution in [-0.2, 0) is 11.3 Å². The van der Waals surface area contributed by atoms with Crippen LogP contribution < -0.4 is 10.3 Å². The monoisotopic (exact) mass is 314 g/mol. The van der Waals surface area contributed by atoms with E-state index in [4.69, 9.17) is 4.74 Å². The zero-order valence-electron chi connectivity index (χ0n) is 12.6. The van der Waals surface area contributed by atoms with Gasteiger partial charge in [-0.05, 0) is 19.1 Å². The van der Waals surface area contributed by atoms with Crippen molar-refractivity contribution in [2.24, 2.45) is 0 Å². The smallest absolute Gasteiger partial charge is 0.375 e. The summed E-state index contributed by atoms with van der Waals surface area (Å²) < 4.78 is 11.2. The number of methoxy groups -OCH3 is 1. The zero-order valence-corrected chi connectivity index (χ0v) is 12.6. The lowest BCUT2D eigenvalue weighted by atomic mass is 10.2. The van der Waals surface area contributed by atoms with E-state index in [1.54, 1.807) is 0 Å². The number of ether oxygens (including phenoxy) is 2. The van der Waals surface area contributed by atoms with Crippen molar-refractivity contribution in [1.29, 1.82) is 0 Å². The highest BCUT2D eigenvalue weighted by molar-refractivity contribution is 5.85. The number of esters is 1. The van der Waals surface area contributed by atoms with Gasteiger partial charge in [-0.1, -0.05) is 17.7 Å². The number of aromatic amines is 1. The Morgan fingerprint density at radius 1 is 1.26 bits per heavy atom. The predicted molar refractivity (Wildman–Crippen MR) is 80.5 cm³/mol. The molecular weight excluding hydrogens is 300 g/mol. The molecule has 3 rings (SSSR count). The second kappa shape index (κ2) is 5.91. The molecule has 0 bridgehead atoms. The molecule has 0 aliphatic heterocycles. The van der Waals surface area contributed by atoms with Crippen molar-refractivity contribution in [2.45, 2.75) is 13.5 Å². The molecule has 0 aliphatic rings. The second-order valence-corrected chi connectivity index (χ2v) is 4.89. The van der Waals surface area contributed by atoms with Crippen molar-refractivity contribution in [3.63, 3.8) is 0 Å². The molecule has 0 saturated heterocycles. The number of H-pyrrole nitrogens is 1. The minimum absolute atomic E-state index is 0.0837. The molecule has 0 saturated carbocycles. The van der Waals surface area contributed by atoms with Gasteiger partial charge in [0.15, 0.2) is 0 Å². The number of fused-ring (bicyclic) bond motifs is 1. The van der Waals surface area contributed by atoms with E-state index in [1.165, 1.54) is 13.2 Å². The van der Waals surface area contributed by atoms with Crippen LogP contribution >= 0.6 is 0 Å². The minimum atomic E-state index is -0.674. The van der Waals surface area contributed by atoms with E-state index in [2.05, 4.69) is 19.8 Å². The quantitative estimate of drug-likeness (QED) is 0.724. The van der Waals surface area contributed by atoms with E-state index < -0.39 is 5.97 Å². The summed E-state index contributed by atoms with van der Waals surface area (Å²) in [6.45, 7) is 2.10. The number of rotatable bonds is 4. The molecule has 0 radical (unpaired) electrons. The molecule has 0 fully saturated rings. The van der Waals surface area contributed by atoms with Gasteiger partial charge in [-0.3, -0.25) is 9.89 Å². The lowest BCUT2D eigenvalue weighted by Gasteiger charge is -2.05.